The second-order valence-electron chi connectivity index (χ2n) is 4.85. The van der Waals surface area contributed by atoms with Crippen molar-refractivity contribution in [3.8, 4) is 0 Å². The van der Waals surface area contributed by atoms with Gasteiger partial charge < -0.3 is 0 Å². The predicted octanol–water partition coefficient (Wildman–Crippen LogP) is 4.04. The maximum Gasteiger partial charge on any atom is 0.450 e. The quantitative estimate of drug-likeness (QED) is 0.341. The molecule has 0 aliphatic carbocycles. The lowest BCUT2D eigenvalue weighted by Gasteiger charge is -2.12. The Kier molecular flexibility index (Phi) is 8.21. The zero-order chi connectivity index (χ0) is 22.6. The molecule has 0 aromatic heterocycles. The minimum Gasteiger partial charge on any atom is -0.289 e. The van der Waals surface area contributed by atoms with Crippen LogP contribution < -0.4 is 0 Å². The van der Waals surface area contributed by atoms with Crippen molar-refractivity contribution in [2.45, 2.75) is 37.5 Å². The molecule has 0 aliphatic rings. The number of halogens is 12. The first kappa shape index (κ1) is 25.8. The highest BCUT2D eigenvalue weighted by molar-refractivity contribution is 6.07. The van der Waals surface area contributed by atoms with Gasteiger partial charge in [-0.3, -0.25) is 19.6 Å². The Morgan fingerprint density at radius 3 is 0.929 bits per heavy atom. The SMILES string of the molecule is O=C(CC(=NCCN=C(CC(=O)C(F)(F)F)C(F)(F)F)C(F)(F)F)C(F)(F)F. The lowest BCUT2D eigenvalue weighted by Crippen LogP contribution is -2.33. The van der Waals surface area contributed by atoms with Crippen LogP contribution in [0, 0.1) is 0 Å². The van der Waals surface area contributed by atoms with E-state index in [9.17, 15) is 62.3 Å². The summed E-state index contributed by atoms with van der Waals surface area (Å²) in [6.45, 7) is -2.67. The summed E-state index contributed by atoms with van der Waals surface area (Å²) >= 11 is 0. The molecule has 0 rings (SSSR count). The summed E-state index contributed by atoms with van der Waals surface area (Å²) in [5.41, 5.74) is -4.52. The fraction of sp³-hybridized carbons (Fsp3) is 0.667. The van der Waals surface area contributed by atoms with Crippen LogP contribution in [0.3, 0.4) is 0 Å². The smallest absolute Gasteiger partial charge is 0.289 e. The standard InChI is InChI=1S/C12H8F12N2O2/c13-9(14,15)5(3-7(27)11(19,20)21)25-1-2-26-6(10(16,17)18)4-8(28)12(22,23)24/h1-4H2. The van der Waals surface area contributed by atoms with Gasteiger partial charge in [-0.1, -0.05) is 0 Å². The number of alkyl halides is 12. The van der Waals surface area contributed by atoms with Crippen LogP contribution in [0.25, 0.3) is 0 Å². The summed E-state index contributed by atoms with van der Waals surface area (Å²) in [6.07, 6.45) is -26.8. The van der Waals surface area contributed by atoms with E-state index in [0.29, 0.717) is 0 Å². The summed E-state index contributed by atoms with van der Waals surface area (Å²) in [4.78, 5) is 26.2. The topological polar surface area (TPSA) is 58.9 Å². The van der Waals surface area contributed by atoms with E-state index in [2.05, 4.69) is 9.98 Å². The summed E-state index contributed by atoms with van der Waals surface area (Å²) in [6, 6.07) is 0. The second-order valence-corrected chi connectivity index (χ2v) is 4.85. The average molecular weight is 440 g/mol. The monoisotopic (exact) mass is 440 g/mol. The molecule has 0 bridgehead atoms. The molecule has 0 aromatic rings. The number of ketones is 2. The Morgan fingerprint density at radius 1 is 0.500 bits per heavy atom. The third kappa shape index (κ3) is 9.16. The molecule has 0 heterocycles. The van der Waals surface area contributed by atoms with Crippen molar-refractivity contribution < 1.29 is 62.3 Å². The number of carbonyl (C=O) groups excluding carboxylic acids is 2. The van der Waals surface area contributed by atoms with Crippen LogP contribution in [-0.2, 0) is 9.59 Å². The number of aliphatic imine (C=N–C) groups is 2. The van der Waals surface area contributed by atoms with Crippen LogP contribution in [0.1, 0.15) is 12.8 Å². The second kappa shape index (κ2) is 8.89. The van der Waals surface area contributed by atoms with Crippen LogP contribution in [-0.4, -0.2) is 60.8 Å². The highest BCUT2D eigenvalue weighted by Gasteiger charge is 2.45. The first-order valence-corrected chi connectivity index (χ1v) is 6.67. The Morgan fingerprint density at radius 2 is 0.750 bits per heavy atom. The van der Waals surface area contributed by atoms with E-state index in [-0.39, 0.29) is 0 Å². The van der Waals surface area contributed by atoms with Crippen molar-refractivity contribution in [2.75, 3.05) is 13.1 Å². The molecule has 4 nitrogen and oxygen atoms in total. The van der Waals surface area contributed by atoms with E-state index in [1.54, 1.807) is 0 Å². The zero-order valence-corrected chi connectivity index (χ0v) is 13.1. The third-order valence-electron chi connectivity index (χ3n) is 2.65. The van der Waals surface area contributed by atoms with Gasteiger partial charge in [0.05, 0.1) is 25.9 Å². The number of hydrogen-bond acceptors (Lipinski definition) is 4. The van der Waals surface area contributed by atoms with Crippen LogP contribution in [0.5, 0.6) is 0 Å². The molecular formula is C12H8F12N2O2. The molecule has 0 aromatic carbocycles. The number of Topliss-reactive ketones (excluding diaryl/α,β-unsaturated/α-hetero) is 2. The molecule has 0 spiro atoms. The van der Waals surface area contributed by atoms with Gasteiger partial charge in [-0.15, -0.1) is 0 Å². The zero-order valence-electron chi connectivity index (χ0n) is 13.1. The first-order valence-electron chi connectivity index (χ1n) is 6.67. The molecule has 0 fully saturated rings. The fourth-order valence-electron chi connectivity index (χ4n) is 1.37. The van der Waals surface area contributed by atoms with Crippen molar-refractivity contribution in [3.05, 3.63) is 0 Å². The van der Waals surface area contributed by atoms with Crippen molar-refractivity contribution in [1.29, 1.82) is 0 Å². The van der Waals surface area contributed by atoms with E-state index < -0.39 is 73.6 Å². The van der Waals surface area contributed by atoms with E-state index in [1.807, 2.05) is 0 Å². The van der Waals surface area contributed by atoms with E-state index in [1.165, 1.54) is 0 Å². The minimum absolute atomic E-state index is 1.33. The molecule has 0 radical (unpaired) electrons. The normalized spacial score (nSPS) is 15.0. The number of nitrogens with zero attached hydrogens (tertiary/aromatic N) is 2. The van der Waals surface area contributed by atoms with Gasteiger partial charge in [0.15, 0.2) is 0 Å². The molecule has 0 atom stereocenters. The van der Waals surface area contributed by atoms with E-state index in [0.717, 1.165) is 0 Å². The summed E-state index contributed by atoms with van der Waals surface area (Å²) in [5.74, 6) is -5.64. The van der Waals surface area contributed by atoms with Crippen LogP contribution in [0.4, 0.5) is 52.7 Å². The fourth-order valence-corrected chi connectivity index (χ4v) is 1.37. The highest BCUT2D eigenvalue weighted by Crippen LogP contribution is 2.26. The Bertz CT molecular complexity index is 581. The largest absolute Gasteiger partial charge is 0.450 e. The number of carbonyl (C=O) groups is 2. The summed E-state index contributed by atoms with van der Waals surface area (Å²) in [5, 5.41) is 0. The maximum atomic E-state index is 12.5. The van der Waals surface area contributed by atoms with Crippen LogP contribution >= 0.6 is 0 Å². The molecule has 0 saturated heterocycles. The number of hydrogen-bond donors (Lipinski definition) is 0. The Hall–Kier alpha value is -2.16. The molecular weight excluding hydrogens is 432 g/mol. The third-order valence-corrected chi connectivity index (χ3v) is 2.65. The molecule has 162 valence electrons. The van der Waals surface area contributed by atoms with Crippen molar-refractivity contribution in [2.24, 2.45) is 9.98 Å². The van der Waals surface area contributed by atoms with Crippen LogP contribution in [0.15, 0.2) is 9.98 Å². The van der Waals surface area contributed by atoms with Gasteiger partial charge in [-0.2, -0.15) is 52.7 Å². The molecule has 0 aliphatic heterocycles. The van der Waals surface area contributed by atoms with E-state index in [4.69, 9.17) is 0 Å². The van der Waals surface area contributed by atoms with Crippen molar-refractivity contribution in [1.82, 2.24) is 0 Å². The van der Waals surface area contributed by atoms with Crippen molar-refractivity contribution >= 4 is 23.0 Å². The van der Waals surface area contributed by atoms with Gasteiger partial charge in [-0.25, -0.2) is 0 Å². The average Bonchev–Trinajstić information content (AvgIpc) is 2.44. The molecule has 0 N–H and O–H groups in total. The lowest BCUT2D eigenvalue weighted by molar-refractivity contribution is -0.170. The first-order chi connectivity index (χ1) is 12.3. The van der Waals surface area contributed by atoms with Crippen molar-refractivity contribution in [3.63, 3.8) is 0 Å². The Balaban J connectivity index is 5.34. The van der Waals surface area contributed by atoms with Gasteiger partial charge in [0.1, 0.15) is 11.4 Å². The van der Waals surface area contributed by atoms with Gasteiger partial charge in [0.2, 0.25) is 11.6 Å². The highest BCUT2D eigenvalue weighted by atomic mass is 19.4. The predicted molar refractivity (Wildman–Crippen MR) is 68.1 cm³/mol. The molecule has 16 heteroatoms. The summed E-state index contributed by atoms with van der Waals surface area (Å²) in [7, 11) is 0. The molecule has 28 heavy (non-hydrogen) atoms. The van der Waals surface area contributed by atoms with E-state index >= 15 is 0 Å². The van der Waals surface area contributed by atoms with Gasteiger partial charge in [0.25, 0.3) is 0 Å². The molecule has 0 saturated carbocycles. The maximum absolute atomic E-state index is 12.5. The van der Waals surface area contributed by atoms with Gasteiger partial charge in [0, 0.05) is 0 Å². The van der Waals surface area contributed by atoms with Crippen LogP contribution in [0.2, 0.25) is 0 Å². The minimum atomic E-state index is -5.62. The summed E-state index contributed by atoms with van der Waals surface area (Å²) < 4.78 is 147. The van der Waals surface area contributed by atoms with Gasteiger partial charge >= 0.3 is 24.7 Å². The van der Waals surface area contributed by atoms with Gasteiger partial charge in [-0.05, 0) is 0 Å². The Labute approximate surface area is 147 Å². The molecule has 0 amide bonds. The number of rotatable bonds is 7. The lowest BCUT2D eigenvalue weighted by atomic mass is 10.1. The molecule has 0 unspecified atom stereocenters.